The van der Waals surface area contributed by atoms with Crippen LogP contribution in [0.25, 0.3) is 10.2 Å². The zero-order valence-corrected chi connectivity index (χ0v) is 13.5. The largest absolute Gasteiger partial charge is 0.308 e. The molecule has 0 amide bonds. The predicted molar refractivity (Wildman–Crippen MR) is 90.7 cm³/mol. The van der Waals surface area contributed by atoms with Crippen molar-refractivity contribution in [2.24, 2.45) is 5.84 Å². The molecular weight excluding hydrogens is 300 g/mol. The maximum Gasteiger partial charge on any atom is 0.152 e. The number of nitrogens with zero attached hydrogens (tertiary/aromatic N) is 2. The van der Waals surface area contributed by atoms with Gasteiger partial charge in [-0.25, -0.2) is 15.8 Å². The van der Waals surface area contributed by atoms with E-state index in [1.54, 1.807) is 23.1 Å². The zero-order chi connectivity index (χ0) is 14.8. The SMILES string of the molecule is Cc1ccc(SCc2nc(NN)c3cc(C)sc3n2)cc1. The lowest BCUT2D eigenvalue weighted by Crippen LogP contribution is -2.10. The van der Waals surface area contributed by atoms with E-state index in [1.807, 2.05) is 0 Å². The standard InChI is InChI=1S/C15H16N4S2/c1-9-3-5-11(6-4-9)20-8-13-17-14(19-16)12-7-10(2)21-15(12)18-13/h3-7H,8,16H2,1-2H3,(H,17,18,19). The van der Waals surface area contributed by atoms with Crippen molar-refractivity contribution in [3.63, 3.8) is 0 Å². The van der Waals surface area contributed by atoms with Crippen LogP contribution in [-0.4, -0.2) is 9.97 Å². The molecule has 2 heterocycles. The van der Waals surface area contributed by atoms with Crippen molar-refractivity contribution < 1.29 is 0 Å². The number of aromatic nitrogens is 2. The van der Waals surface area contributed by atoms with Gasteiger partial charge in [0, 0.05) is 9.77 Å². The van der Waals surface area contributed by atoms with Crippen LogP contribution >= 0.6 is 23.1 Å². The van der Waals surface area contributed by atoms with Crippen LogP contribution in [0.5, 0.6) is 0 Å². The van der Waals surface area contributed by atoms with E-state index in [0.29, 0.717) is 5.82 Å². The summed E-state index contributed by atoms with van der Waals surface area (Å²) in [5, 5.41) is 0.990. The molecule has 108 valence electrons. The van der Waals surface area contributed by atoms with Crippen molar-refractivity contribution in [1.82, 2.24) is 9.97 Å². The molecule has 0 bridgehead atoms. The number of thiophene rings is 1. The van der Waals surface area contributed by atoms with Gasteiger partial charge in [-0.05, 0) is 32.0 Å². The third kappa shape index (κ3) is 3.18. The van der Waals surface area contributed by atoms with Gasteiger partial charge in [-0.15, -0.1) is 23.1 Å². The lowest BCUT2D eigenvalue weighted by molar-refractivity contribution is 1.06. The van der Waals surface area contributed by atoms with Gasteiger partial charge in [-0.2, -0.15) is 0 Å². The number of rotatable bonds is 4. The van der Waals surface area contributed by atoms with Crippen molar-refractivity contribution in [2.75, 3.05) is 5.43 Å². The van der Waals surface area contributed by atoms with Crippen LogP contribution in [0.2, 0.25) is 0 Å². The van der Waals surface area contributed by atoms with Crippen LogP contribution in [0.15, 0.2) is 35.2 Å². The normalized spacial score (nSPS) is 11.0. The van der Waals surface area contributed by atoms with Gasteiger partial charge in [0.05, 0.1) is 11.1 Å². The van der Waals surface area contributed by atoms with Gasteiger partial charge in [0.1, 0.15) is 10.7 Å². The second kappa shape index (κ2) is 6.01. The highest BCUT2D eigenvalue weighted by molar-refractivity contribution is 7.98. The number of fused-ring (bicyclic) bond motifs is 1. The average Bonchev–Trinajstić information content (AvgIpc) is 2.86. The van der Waals surface area contributed by atoms with Crippen LogP contribution in [0, 0.1) is 13.8 Å². The number of thioether (sulfide) groups is 1. The Labute approximate surface area is 131 Å². The first kappa shape index (κ1) is 14.3. The summed E-state index contributed by atoms with van der Waals surface area (Å²) in [5.74, 6) is 7.79. The number of anilines is 1. The molecule has 0 aliphatic carbocycles. The Hall–Kier alpha value is -1.63. The second-order valence-corrected chi connectivity index (χ2v) is 7.09. The molecule has 0 spiro atoms. The molecule has 0 aliphatic rings. The molecule has 0 fully saturated rings. The minimum Gasteiger partial charge on any atom is -0.308 e. The monoisotopic (exact) mass is 316 g/mol. The molecule has 0 aliphatic heterocycles. The Balaban J connectivity index is 1.84. The fourth-order valence-electron chi connectivity index (χ4n) is 2.04. The van der Waals surface area contributed by atoms with Gasteiger partial charge in [-0.1, -0.05) is 17.7 Å². The fraction of sp³-hybridized carbons (Fsp3) is 0.200. The van der Waals surface area contributed by atoms with Crippen molar-refractivity contribution in [3.8, 4) is 0 Å². The summed E-state index contributed by atoms with van der Waals surface area (Å²) in [4.78, 5) is 12.5. The molecule has 3 aromatic rings. The van der Waals surface area contributed by atoms with Gasteiger partial charge in [0.2, 0.25) is 0 Å². The van der Waals surface area contributed by atoms with E-state index in [4.69, 9.17) is 5.84 Å². The topological polar surface area (TPSA) is 63.8 Å². The molecule has 4 nitrogen and oxygen atoms in total. The third-order valence-electron chi connectivity index (χ3n) is 3.09. The minimum atomic E-state index is 0.698. The van der Waals surface area contributed by atoms with Crippen molar-refractivity contribution in [1.29, 1.82) is 0 Å². The zero-order valence-electron chi connectivity index (χ0n) is 11.9. The molecule has 1 aromatic carbocycles. The Morgan fingerprint density at radius 2 is 1.95 bits per heavy atom. The van der Waals surface area contributed by atoms with E-state index in [2.05, 4.69) is 59.6 Å². The number of hydrazine groups is 1. The molecule has 0 saturated heterocycles. The van der Waals surface area contributed by atoms with Gasteiger partial charge in [0.15, 0.2) is 5.82 Å². The summed E-state index contributed by atoms with van der Waals surface area (Å²) in [6.45, 7) is 4.15. The maximum absolute atomic E-state index is 5.58. The summed E-state index contributed by atoms with van der Waals surface area (Å²) in [6, 6.07) is 10.5. The molecule has 3 rings (SSSR count). The van der Waals surface area contributed by atoms with Crippen LogP contribution in [0.3, 0.4) is 0 Å². The smallest absolute Gasteiger partial charge is 0.152 e. The summed E-state index contributed by atoms with van der Waals surface area (Å²) in [5.41, 5.74) is 3.94. The van der Waals surface area contributed by atoms with E-state index in [-0.39, 0.29) is 0 Å². The summed E-state index contributed by atoms with van der Waals surface area (Å²) in [6.07, 6.45) is 0. The number of nitrogen functional groups attached to an aromatic ring is 1. The van der Waals surface area contributed by atoms with E-state index in [1.165, 1.54) is 15.3 Å². The molecule has 3 N–H and O–H groups in total. The van der Waals surface area contributed by atoms with Gasteiger partial charge in [-0.3, -0.25) is 0 Å². The van der Waals surface area contributed by atoms with Crippen molar-refractivity contribution in [2.45, 2.75) is 24.5 Å². The van der Waals surface area contributed by atoms with Crippen molar-refractivity contribution in [3.05, 3.63) is 46.6 Å². The first-order valence-corrected chi connectivity index (χ1v) is 8.39. The Morgan fingerprint density at radius 3 is 2.67 bits per heavy atom. The number of hydrogen-bond donors (Lipinski definition) is 2. The molecule has 2 aromatic heterocycles. The lowest BCUT2D eigenvalue weighted by atomic mass is 10.2. The van der Waals surface area contributed by atoms with E-state index >= 15 is 0 Å². The summed E-state index contributed by atoms with van der Waals surface area (Å²) < 4.78 is 0. The van der Waals surface area contributed by atoms with Gasteiger partial charge in [0.25, 0.3) is 0 Å². The number of aryl methyl sites for hydroxylation is 2. The van der Waals surface area contributed by atoms with Crippen LogP contribution in [0.4, 0.5) is 5.82 Å². The number of hydrogen-bond acceptors (Lipinski definition) is 6. The molecule has 21 heavy (non-hydrogen) atoms. The predicted octanol–water partition coefficient (Wildman–Crippen LogP) is 3.89. The number of nitrogens with one attached hydrogen (secondary N) is 1. The molecule has 0 radical (unpaired) electrons. The first-order valence-electron chi connectivity index (χ1n) is 6.59. The molecule has 0 atom stereocenters. The molecule has 0 unspecified atom stereocenters. The van der Waals surface area contributed by atoms with Crippen LogP contribution < -0.4 is 11.3 Å². The molecule has 6 heteroatoms. The molecular formula is C15H16N4S2. The highest BCUT2D eigenvalue weighted by Crippen LogP contribution is 2.29. The van der Waals surface area contributed by atoms with E-state index in [9.17, 15) is 0 Å². The second-order valence-electron chi connectivity index (χ2n) is 4.81. The minimum absolute atomic E-state index is 0.698. The lowest BCUT2D eigenvalue weighted by Gasteiger charge is -2.05. The summed E-state index contributed by atoms with van der Waals surface area (Å²) >= 11 is 3.39. The van der Waals surface area contributed by atoms with Gasteiger partial charge >= 0.3 is 0 Å². The van der Waals surface area contributed by atoms with Gasteiger partial charge < -0.3 is 5.43 Å². The Morgan fingerprint density at radius 1 is 1.19 bits per heavy atom. The maximum atomic E-state index is 5.58. The van der Waals surface area contributed by atoms with Crippen LogP contribution in [-0.2, 0) is 5.75 Å². The highest BCUT2D eigenvalue weighted by atomic mass is 32.2. The third-order valence-corrected chi connectivity index (χ3v) is 5.04. The highest BCUT2D eigenvalue weighted by Gasteiger charge is 2.10. The van der Waals surface area contributed by atoms with E-state index < -0.39 is 0 Å². The Kier molecular flexibility index (Phi) is 4.10. The first-order chi connectivity index (χ1) is 10.2. The van der Waals surface area contributed by atoms with E-state index in [0.717, 1.165) is 21.8 Å². The quantitative estimate of drug-likeness (QED) is 0.434. The molecule has 0 saturated carbocycles. The summed E-state index contributed by atoms with van der Waals surface area (Å²) in [7, 11) is 0. The van der Waals surface area contributed by atoms with Crippen LogP contribution in [0.1, 0.15) is 16.3 Å². The number of nitrogens with two attached hydrogens (primary N) is 1. The average molecular weight is 316 g/mol. The number of benzene rings is 1. The van der Waals surface area contributed by atoms with Crippen molar-refractivity contribution >= 4 is 39.1 Å². The Bertz CT molecular complexity index is 765. The fourth-order valence-corrected chi connectivity index (χ4v) is 3.69.